The fraction of sp³-hybridized carbons (Fsp3) is 0.576. The highest BCUT2D eigenvalue weighted by atomic mass is 28.4. The topological polar surface area (TPSA) is 62.7 Å². The maximum absolute atomic E-state index is 6.98. The van der Waals surface area contributed by atoms with Crippen LogP contribution < -0.4 is 9.47 Å². The van der Waals surface area contributed by atoms with Gasteiger partial charge in [0.25, 0.3) is 0 Å². The Kier molecular flexibility index (Phi) is 9.38. The molecule has 0 bridgehead atoms. The Morgan fingerprint density at radius 2 is 1.46 bits per heavy atom. The van der Waals surface area contributed by atoms with Crippen LogP contribution in [-0.4, -0.2) is 45.4 Å². The zero-order valence-electron chi connectivity index (χ0n) is 26.8. The molecule has 1 aliphatic rings. The van der Waals surface area contributed by atoms with Crippen molar-refractivity contribution in [3.05, 3.63) is 60.4 Å². The molecule has 1 heterocycles. The summed E-state index contributed by atoms with van der Waals surface area (Å²) in [6.45, 7) is 24.2. The maximum Gasteiger partial charge on any atom is 0.220 e. The average molecular weight is 595 g/mol. The van der Waals surface area contributed by atoms with E-state index >= 15 is 0 Å². The Morgan fingerprint density at radius 3 is 2.17 bits per heavy atom. The van der Waals surface area contributed by atoms with Gasteiger partial charge in [-0.05, 0) is 59.0 Å². The van der Waals surface area contributed by atoms with Crippen LogP contribution in [0.5, 0.6) is 11.8 Å². The van der Waals surface area contributed by atoms with Gasteiger partial charge in [-0.15, -0.1) is 0 Å². The summed E-state index contributed by atoms with van der Waals surface area (Å²) in [5.74, 6) is 1.33. The molecule has 1 saturated carbocycles. The molecule has 6 nitrogen and oxygen atoms in total. The number of fused-ring (bicyclic) bond motifs is 1. The highest BCUT2D eigenvalue weighted by Crippen LogP contribution is 2.43. The van der Waals surface area contributed by atoms with Crippen molar-refractivity contribution in [2.75, 3.05) is 6.61 Å². The van der Waals surface area contributed by atoms with Gasteiger partial charge in [-0.25, -0.2) is 9.97 Å². The van der Waals surface area contributed by atoms with Crippen molar-refractivity contribution in [1.82, 2.24) is 9.97 Å². The lowest BCUT2D eigenvalue weighted by molar-refractivity contribution is 0.0999. The molecule has 1 fully saturated rings. The molecule has 0 saturated heterocycles. The smallest absolute Gasteiger partial charge is 0.220 e. The Hall–Kier alpha value is -2.27. The van der Waals surface area contributed by atoms with Crippen molar-refractivity contribution in [2.45, 2.75) is 109 Å². The third-order valence-electron chi connectivity index (χ3n) is 9.46. The lowest BCUT2D eigenvalue weighted by atomic mass is 10.1. The molecule has 0 amide bonds. The number of aromatic nitrogens is 2. The molecule has 0 aliphatic heterocycles. The molecule has 3 atom stereocenters. The fourth-order valence-electron chi connectivity index (χ4n) is 4.75. The van der Waals surface area contributed by atoms with Crippen molar-refractivity contribution >= 4 is 27.4 Å². The zero-order valence-corrected chi connectivity index (χ0v) is 28.8. The van der Waals surface area contributed by atoms with Gasteiger partial charge in [0.05, 0.1) is 12.2 Å². The number of benzene rings is 2. The van der Waals surface area contributed by atoms with Crippen LogP contribution in [-0.2, 0) is 15.5 Å². The average Bonchev–Trinajstić information content (AvgIpc) is 3.25. The normalized spacial score (nSPS) is 20.4. The molecule has 1 aliphatic carbocycles. The van der Waals surface area contributed by atoms with E-state index in [1.54, 1.807) is 6.07 Å². The summed E-state index contributed by atoms with van der Waals surface area (Å²) in [5, 5.41) is 2.69. The Bertz CT molecular complexity index is 1310. The van der Waals surface area contributed by atoms with Gasteiger partial charge in [-0.3, -0.25) is 0 Å². The molecular formula is C33H50N2O4Si2. The van der Waals surface area contributed by atoms with Crippen LogP contribution in [0.15, 0.2) is 54.9 Å². The molecule has 4 rings (SSSR count). The first-order valence-electron chi connectivity index (χ1n) is 15.0. The van der Waals surface area contributed by atoms with E-state index in [-0.39, 0.29) is 28.2 Å². The second kappa shape index (κ2) is 12.2. The number of hydrogen-bond donors (Lipinski definition) is 0. The fourth-order valence-corrected chi connectivity index (χ4v) is 7.21. The van der Waals surface area contributed by atoms with E-state index in [1.807, 2.05) is 0 Å². The first kappa shape index (κ1) is 31.7. The van der Waals surface area contributed by atoms with E-state index in [4.69, 9.17) is 18.3 Å². The third-order valence-corrected chi connectivity index (χ3v) is 18.5. The Labute approximate surface area is 249 Å². The second-order valence-electron chi connectivity index (χ2n) is 14.6. The predicted octanol–water partition coefficient (Wildman–Crippen LogP) is 8.78. The van der Waals surface area contributed by atoms with Crippen LogP contribution in [0.2, 0.25) is 36.3 Å². The van der Waals surface area contributed by atoms with Crippen LogP contribution >= 0.6 is 0 Å². The summed E-state index contributed by atoms with van der Waals surface area (Å²) < 4.78 is 26.2. The molecule has 0 unspecified atom stereocenters. The van der Waals surface area contributed by atoms with E-state index in [1.165, 1.54) is 17.1 Å². The minimum Gasteiger partial charge on any atom is -0.474 e. The SMILES string of the molecule is CC(C)(C)[Si](C)(C)OC[C@@H]1C[C@@H](Oc2cc(OCc3cccc4ccccc34)ncn2)C[C@@H]1O[Si](C)(C)C(C)(C)C. The van der Waals surface area contributed by atoms with Crippen molar-refractivity contribution in [3.63, 3.8) is 0 Å². The van der Waals surface area contributed by atoms with Gasteiger partial charge in [0.2, 0.25) is 11.8 Å². The Balaban J connectivity index is 1.44. The maximum atomic E-state index is 6.98. The third kappa shape index (κ3) is 7.77. The summed E-state index contributed by atoms with van der Waals surface area (Å²) in [4.78, 5) is 8.77. The van der Waals surface area contributed by atoms with E-state index in [0.717, 1.165) is 18.4 Å². The number of nitrogens with zero attached hydrogens (tertiary/aromatic N) is 2. The van der Waals surface area contributed by atoms with E-state index < -0.39 is 16.6 Å². The van der Waals surface area contributed by atoms with Crippen LogP contribution in [0.4, 0.5) is 0 Å². The molecule has 1 aromatic heterocycles. The largest absolute Gasteiger partial charge is 0.474 e. The van der Waals surface area contributed by atoms with Crippen molar-refractivity contribution < 1.29 is 18.3 Å². The molecule has 3 aromatic rings. The van der Waals surface area contributed by atoms with Gasteiger partial charge < -0.3 is 18.3 Å². The summed E-state index contributed by atoms with van der Waals surface area (Å²) >= 11 is 0. The summed E-state index contributed by atoms with van der Waals surface area (Å²) in [5.41, 5.74) is 1.12. The molecule has 2 aromatic carbocycles. The zero-order chi connectivity index (χ0) is 30.1. The van der Waals surface area contributed by atoms with Gasteiger partial charge in [0.15, 0.2) is 16.6 Å². The lowest BCUT2D eigenvalue weighted by Gasteiger charge is -2.41. The summed E-state index contributed by atoms with van der Waals surface area (Å²) in [7, 11) is -3.84. The number of rotatable bonds is 10. The first-order chi connectivity index (χ1) is 19.1. The van der Waals surface area contributed by atoms with Gasteiger partial charge in [0.1, 0.15) is 19.0 Å². The molecule has 0 radical (unpaired) electrons. The summed E-state index contributed by atoms with van der Waals surface area (Å²) in [6, 6.07) is 16.4. The molecule has 41 heavy (non-hydrogen) atoms. The highest BCUT2D eigenvalue weighted by Gasteiger charge is 2.46. The standard InChI is InChI=1S/C33H50N2O4Si2/c1-32(2,3)40(7,8)37-22-26-18-27(19-29(26)39-41(9,10)33(4,5)6)38-31-20-30(34-23-35-31)36-21-25-16-13-15-24-14-11-12-17-28(24)25/h11-17,20,23,26-27,29H,18-19,21-22H2,1-10H3/t26-,27+,29-/m0/s1. The van der Waals surface area contributed by atoms with Crippen LogP contribution in [0.25, 0.3) is 10.8 Å². The molecule has 0 N–H and O–H groups in total. The molecule has 224 valence electrons. The van der Waals surface area contributed by atoms with Gasteiger partial charge in [0, 0.05) is 18.9 Å². The predicted molar refractivity (Wildman–Crippen MR) is 173 cm³/mol. The minimum absolute atomic E-state index is 0.00130. The van der Waals surface area contributed by atoms with E-state index in [2.05, 4.69) is 120 Å². The second-order valence-corrected chi connectivity index (χ2v) is 24.1. The van der Waals surface area contributed by atoms with Crippen molar-refractivity contribution in [1.29, 1.82) is 0 Å². The molecular weight excluding hydrogens is 545 g/mol. The summed E-state index contributed by atoms with van der Waals surface area (Å²) in [6.07, 6.45) is 3.33. The van der Waals surface area contributed by atoms with Gasteiger partial charge in [-0.2, -0.15) is 0 Å². The number of ether oxygens (including phenoxy) is 2. The Morgan fingerprint density at radius 1 is 0.805 bits per heavy atom. The van der Waals surface area contributed by atoms with Crippen LogP contribution in [0.3, 0.4) is 0 Å². The van der Waals surface area contributed by atoms with Crippen LogP contribution in [0.1, 0.15) is 59.9 Å². The van der Waals surface area contributed by atoms with E-state index in [0.29, 0.717) is 25.0 Å². The van der Waals surface area contributed by atoms with Crippen molar-refractivity contribution in [2.24, 2.45) is 5.92 Å². The minimum atomic E-state index is -1.96. The van der Waals surface area contributed by atoms with Crippen molar-refractivity contribution in [3.8, 4) is 11.8 Å². The van der Waals surface area contributed by atoms with Crippen LogP contribution in [0, 0.1) is 5.92 Å². The van der Waals surface area contributed by atoms with Gasteiger partial charge in [-0.1, -0.05) is 84.0 Å². The van der Waals surface area contributed by atoms with Gasteiger partial charge >= 0.3 is 0 Å². The highest BCUT2D eigenvalue weighted by molar-refractivity contribution is 6.74. The first-order valence-corrected chi connectivity index (χ1v) is 20.8. The molecule has 0 spiro atoms. The number of hydrogen-bond acceptors (Lipinski definition) is 6. The van der Waals surface area contributed by atoms with E-state index in [9.17, 15) is 0 Å². The lowest BCUT2D eigenvalue weighted by Crippen LogP contribution is -2.46. The molecule has 8 heteroatoms. The quantitative estimate of drug-likeness (QED) is 0.219. The monoisotopic (exact) mass is 594 g/mol.